The molecule has 282 valence electrons. The highest BCUT2D eigenvalue weighted by Crippen LogP contribution is 2.61. The van der Waals surface area contributed by atoms with Gasteiger partial charge in [-0.05, 0) is 137 Å². The van der Waals surface area contributed by atoms with Gasteiger partial charge in [0.2, 0.25) is 0 Å². The SMILES string of the molecule is CC1C=CC(c2ccc3c(c2)c2cc4c5c(c2n3C2C=CC=CC2)C(C)C(C)c2cc3c6cc(-c7ccccn7)ccc6n(-c6ccccc6)c3c(c2-5)C(C)C4C)=N1. The molecule has 3 aromatic heterocycles. The highest BCUT2D eigenvalue weighted by atomic mass is 15.0. The van der Waals surface area contributed by atoms with Crippen molar-refractivity contribution in [1.29, 1.82) is 0 Å². The van der Waals surface area contributed by atoms with Crippen LogP contribution in [0.5, 0.6) is 0 Å². The number of benzene rings is 5. The molecule has 0 saturated carbocycles. The molecule has 0 amide bonds. The Hall–Kier alpha value is -6.26. The fourth-order valence-corrected chi connectivity index (χ4v) is 11.2. The predicted molar refractivity (Wildman–Crippen MR) is 243 cm³/mol. The molecule has 0 fully saturated rings. The van der Waals surface area contributed by atoms with Crippen LogP contribution >= 0.6 is 0 Å². The molecule has 4 nitrogen and oxygen atoms in total. The first-order chi connectivity index (χ1) is 28.4. The van der Waals surface area contributed by atoms with Crippen LogP contribution in [-0.2, 0) is 0 Å². The highest BCUT2D eigenvalue weighted by Gasteiger charge is 2.42. The largest absolute Gasteiger partial charge is 0.333 e. The minimum atomic E-state index is 0.219. The van der Waals surface area contributed by atoms with Crippen molar-refractivity contribution in [3.8, 4) is 28.1 Å². The Morgan fingerprint density at radius 2 is 1.26 bits per heavy atom. The van der Waals surface area contributed by atoms with E-state index in [1.807, 2.05) is 12.3 Å². The Morgan fingerprint density at radius 1 is 0.586 bits per heavy atom. The second-order valence-electron chi connectivity index (χ2n) is 17.4. The molecule has 5 aromatic carbocycles. The summed E-state index contributed by atoms with van der Waals surface area (Å²) in [4.78, 5) is 9.75. The molecule has 1 aliphatic heterocycles. The summed E-state index contributed by atoms with van der Waals surface area (Å²) in [7, 11) is 0. The van der Waals surface area contributed by atoms with Gasteiger partial charge in [-0.3, -0.25) is 9.98 Å². The van der Waals surface area contributed by atoms with Crippen LogP contribution in [-0.4, -0.2) is 25.9 Å². The predicted octanol–water partition coefficient (Wildman–Crippen LogP) is 13.9. The van der Waals surface area contributed by atoms with Gasteiger partial charge < -0.3 is 9.13 Å². The van der Waals surface area contributed by atoms with Crippen molar-refractivity contribution in [2.45, 2.75) is 76.8 Å². The van der Waals surface area contributed by atoms with E-state index >= 15 is 0 Å². The van der Waals surface area contributed by atoms with Gasteiger partial charge in [0.05, 0.1) is 40.0 Å². The number of para-hydroxylation sites is 1. The summed E-state index contributed by atoms with van der Waals surface area (Å²) in [6, 6.07) is 37.0. The number of allylic oxidation sites excluding steroid dienone is 5. The average Bonchev–Trinajstić information content (AvgIpc) is 3.95. The number of rotatable bonds is 4. The van der Waals surface area contributed by atoms with Gasteiger partial charge in [0.15, 0.2) is 0 Å². The van der Waals surface area contributed by atoms with Gasteiger partial charge in [0.1, 0.15) is 0 Å². The zero-order valence-corrected chi connectivity index (χ0v) is 33.7. The van der Waals surface area contributed by atoms with Gasteiger partial charge in [0, 0.05) is 50.1 Å². The molecule has 4 heteroatoms. The third kappa shape index (κ3) is 4.57. The standard InChI is InChI=1S/C54H46N4/c1-30-19-22-46(56-30)36-21-24-48-42(27-36)44-29-40-32(3)33(4)49-51-39(31(2)34(5)50(52(40)51)54(44)58(48)38-16-10-7-11-17-38)28-43-41-26-35(45-18-12-13-25-55-45)20-23-47(41)57(53(43)49)37-14-8-6-9-15-37/h6-16,18-34,38H,17H2,1-5H3. The molecule has 4 heterocycles. The molecule has 12 rings (SSSR count). The molecule has 0 saturated heterocycles. The maximum Gasteiger partial charge on any atom is 0.0702 e. The van der Waals surface area contributed by atoms with Crippen molar-refractivity contribution in [3.05, 3.63) is 168 Å². The van der Waals surface area contributed by atoms with Crippen LogP contribution in [0.1, 0.15) is 98.6 Å². The van der Waals surface area contributed by atoms with Gasteiger partial charge in [-0.2, -0.15) is 0 Å². The van der Waals surface area contributed by atoms with Gasteiger partial charge >= 0.3 is 0 Å². The Kier molecular flexibility index (Phi) is 7.22. The van der Waals surface area contributed by atoms with Crippen LogP contribution in [0.2, 0.25) is 0 Å². The van der Waals surface area contributed by atoms with Crippen molar-refractivity contribution in [2.75, 3.05) is 0 Å². The first-order valence-corrected chi connectivity index (χ1v) is 21.2. The number of pyridine rings is 1. The van der Waals surface area contributed by atoms with E-state index in [-0.39, 0.29) is 12.1 Å². The van der Waals surface area contributed by atoms with Crippen molar-refractivity contribution >= 4 is 49.3 Å². The Labute approximate surface area is 339 Å². The van der Waals surface area contributed by atoms with Gasteiger partial charge in [-0.15, -0.1) is 0 Å². The fraction of sp³-hybridized carbons (Fsp3) is 0.222. The summed E-state index contributed by atoms with van der Waals surface area (Å²) in [5, 5.41) is 5.35. The molecule has 58 heavy (non-hydrogen) atoms. The van der Waals surface area contributed by atoms with Gasteiger partial charge in [-0.1, -0.05) is 94.5 Å². The molecular formula is C54H46N4. The number of hydrogen-bond donors (Lipinski definition) is 0. The molecule has 3 aliphatic carbocycles. The summed E-state index contributed by atoms with van der Waals surface area (Å²) in [6.45, 7) is 12.1. The molecular weight excluding hydrogens is 705 g/mol. The molecule has 0 bridgehead atoms. The summed E-state index contributed by atoms with van der Waals surface area (Å²) in [6.07, 6.45) is 16.5. The smallest absolute Gasteiger partial charge is 0.0702 e. The second kappa shape index (κ2) is 12.4. The highest BCUT2D eigenvalue weighted by molar-refractivity contribution is 6.18. The minimum Gasteiger partial charge on any atom is -0.333 e. The lowest BCUT2D eigenvalue weighted by molar-refractivity contribution is 0.580. The van der Waals surface area contributed by atoms with E-state index in [0.717, 1.165) is 23.4 Å². The monoisotopic (exact) mass is 750 g/mol. The third-order valence-electron chi connectivity index (χ3n) is 14.4. The summed E-state index contributed by atoms with van der Waals surface area (Å²) < 4.78 is 5.27. The van der Waals surface area contributed by atoms with Crippen molar-refractivity contribution in [3.63, 3.8) is 0 Å². The van der Waals surface area contributed by atoms with Gasteiger partial charge in [0.25, 0.3) is 0 Å². The van der Waals surface area contributed by atoms with Crippen molar-refractivity contribution < 1.29 is 0 Å². The van der Waals surface area contributed by atoms with Crippen LogP contribution < -0.4 is 0 Å². The van der Waals surface area contributed by atoms with E-state index < -0.39 is 0 Å². The Morgan fingerprint density at radius 3 is 1.95 bits per heavy atom. The van der Waals surface area contributed by atoms with Crippen LogP contribution in [0, 0.1) is 0 Å². The summed E-state index contributed by atoms with van der Waals surface area (Å²) >= 11 is 0. The second-order valence-corrected chi connectivity index (χ2v) is 17.4. The molecule has 4 aliphatic rings. The number of fused-ring (bicyclic) bond motifs is 8. The topological polar surface area (TPSA) is 35.1 Å². The lowest BCUT2D eigenvalue weighted by Crippen LogP contribution is -2.24. The van der Waals surface area contributed by atoms with E-state index in [0.29, 0.717) is 23.7 Å². The molecule has 0 N–H and O–H groups in total. The third-order valence-corrected chi connectivity index (χ3v) is 14.4. The van der Waals surface area contributed by atoms with Crippen molar-refractivity contribution in [1.82, 2.24) is 14.1 Å². The maximum absolute atomic E-state index is 4.99. The van der Waals surface area contributed by atoms with E-state index in [1.54, 1.807) is 0 Å². The normalized spacial score (nSPS) is 23.1. The molecule has 6 atom stereocenters. The minimum absolute atomic E-state index is 0.219. The lowest BCUT2D eigenvalue weighted by Gasteiger charge is -2.42. The Balaban J connectivity index is 1.22. The van der Waals surface area contributed by atoms with E-state index in [9.17, 15) is 0 Å². The average molecular weight is 751 g/mol. The maximum atomic E-state index is 4.99. The van der Waals surface area contributed by atoms with Crippen LogP contribution in [0.15, 0.2) is 145 Å². The van der Waals surface area contributed by atoms with Crippen LogP contribution in [0.3, 0.4) is 0 Å². The van der Waals surface area contributed by atoms with Gasteiger partial charge in [-0.25, -0.2) is 0 Å². The van der Waals surface area contributed by atoms with Crippen molar-refractivity contribution in [2.24, 2.45) is 4.99 Å². The zero-order valence-electron chi connectivity index (χ0n) is 33.7. The lowest BCUT2D eigenvalue weighted by atomic mass is 9.62. The van der Waals surface area contributed by atoms with Crippen LogP contribution in [0.4, 0.5) is 0 Å². The summed E-state index contributed by atoms with van der Waals surface area (Å²) in [5.41, 5.74) is 19.9. The first kappa shape index (κ1) is 33.8. The molecule has 8 aromatic rings. The molecule has 6 unspecified atom stereocenters. The number of hydrogen-bond acceptors (Lipinski definition) is 2. The van der Waals surface area contributed by atoms with E-state index in [1.165, 1.54) is 88.2 Å². The van der Waals surface area contributed by atoms with E-state index in [2.05, 4.69) is 171 Å². The number of nitrogens with zero attached hydrogens (tertiary/aromatic N) is 4. The molecule has 0 radical (unpaired) electrons. The molecule has 0 spiro atoms. The number of aromatic nitrogens is 3. The first-order valence-electron chi connectivity index (χ1n) is 21.2. The summed E-state index contributed by atoms with van der Waals surface area (Å²) in [5.74, 6) is 1.25. The van der Waals surface area contributed by atoms with E-state index in [4.69, 9.17) is 9.98 Å². The Bertz CT molecular complexity index is 3170. The number of aliphatic imine (C=N–C) groups is 1. The fourth-order valence-electron chi connectivity index (χ4n) is 11.2. The zero-order chi connectivity index (χ0) is 39.0. The quantitative estimate of drug-likeness (QED) is 0.176. The van der Waals surface area contributed by atoms with Crippen LogP contribution in [0.25, 0.3) is 71.7 Å².